The zero-order chi connectivity index (χ0) is 11.5. The number of fused-ring (bicyclic) bond motifs is 1. The molecule has 2 aliphatic rings. The summed E-state index contributed by atoms with van der Waals surface area (Å²) in [6.07, 6.45) is 5.16. The number of nitrogens with one attached hydrogen (secondary N) is 1. The van der Waals surface area contributed by atoms with Crippen molar-refractivity contribution < 1.29 is 5.11 Å². The average Bonchev–Trinajstić information content (AvgIpc) is 2.69. The largest absolute Gasteiger partial charge is 0.392 e. The first-order valence-corrected chi connectivity index (χ1v) is 6.84. The van der Waals surface area contributed by atoms with Gasteiger partial charge in [0.15, 0.2) is 0 Å². The Labute approximate surface area is 99.2 Å². The van der Waals surface area contributed by atoms with Gasteiger partial charge in [-0.3, -0.25) is 4.90 Å². The molecule has 2 rings (SSSR count). The first-order valence-electron chi connectivity index (χ1n) is 6.84. The predicted molar refractivity (Wildman–Crippen MR) is 66.5 cm³/mol. The van der Waals surface area contributed by atoms with Gasteiger partial charge in [-0.2, -0.15) is 0 Å². The second-order valence-electron chi connectivity index (χ2n) is 5.71. The van der Waals surface area contributed by atoms with Crippen molar-refractivity contribution in [3.63, 3.8) is 0 Å². The molecule has 0 aliphatic carbocycles. The molecule has 94 valence electrons. The summed E-state index contributed by atoms with van der Waals surface area (Å²) in [7, 11) is 0. The summed E-state index contributed by atoms with van der Waals surface area (Å²) in [5, 5.41) is 13.4. The monoisotopic (exact) mass is 226 g/mol. The quantitative estimate of drug-likeness (QED) is 0.756. The van der Waals surface area contributed by atoms with E-state index in [1.54, 1.807) is 0 Å². The van der Waals surface area contributed by atoms with E-state index in [4.69, 9.17) is 0 Å². The Morgan fingerprint density at radius 3 is 2.81 bits per heavy atom. The Balaban J connectivity index is 1.77. The molecular weight excluding hydrogens is 200 g/mol. The number of hydrogen-bond acceptors (Lipinski definition) is 3. The van der Waals surface area contributed by atoms with E-state index in [1.807, 2.05) is 0 Å². The topological polar surface area (TPSA) is 35.5 Å². The second kappa shape index (κ2) is 5.48. The lowest BCUT2D eigenvalue weighted by molar-refractivity contribution is 0.113. The maximum Gasteiger partial charge on any atom is 0.0687 e. The number of aliphatic hydroxyl groups excluding tert-OH is 1. The van der Waals surface area contributed by atoms with Crippen molar-refractivity contribution in [3.8, 4) is 0 Å². The van der Waals surface area contributed by atoms with Crippen LogP contribution in [-0.2, 0) is 0 Å². The zero-order valence-electron chi connectivity index (χ0n) is 10.7. The van der Waals surface area contributed by atoms with Gasteiger partial charge in [0.25, 0.3) is 0 Å². The summed E-state index contributed by atoms with van der Waals surface area (Å²) < 4.78 is 0. The van der Waals surface area contributed by atoms with Gasteiger partial charge in [0.05, 0.1) is 6.10 Å². The third kappa shape index (κ3) is 2.76. The molecule has 0 radical (unpaired) electrons. The van der Waals surface area contributed by atoms with Gasteiger partial charge in [-0.05, 0) is 31.7 Å². The summed E-state index contributed by atoms with van der Waals surface area (Å²) >= 11 is 0. The number of nitrogens with zero attached hydrogens (tertiary/aromatic N) is 1. The lowest BCUT2D eigenvalue weighted by Crippen LogP contribution is -2.47. The summed E-state index contributed by atoms with van der Waals surface area (Å²) in [6.45, 7) is 7.45. The lowest BCUT2D eigenvalue weighted by Gasteiger charge is -2.33. The van der Waals surface area contributed by atoms with E-state index in [9.17, 15) is 5.11 Å². The Bertz CT molecular complexity index is 220. The van der Waals surface area contributed by atoms with Gasteiger partial charge in [0.2, 0.25) is 0 Å². The van der Waals surface area contributed by atoms with Crippen LogP contribution in [0.25, 0.3) is 0 Å². The highest BCUT2D eigenvalue weighted by Gasteiger charge is 2.35. The van der Waals surface area contributed by atoms with Crippen LogP contribution in [0, 0.1) is 5.92 Å². The molecule has 3 unspecified atom stereocenters. The maximum atomic E-state index is 9.81. The molecule has 2 saturated heterocycles. The van der Waals surface area contributed by atoms with Crippen molar-refractivity contribution >= 4 is 0 Å². The van der Waals surface area contributed by atoms with E-state index in [1.165, 1.54) is 38.8 Å². The fraction of sp³-hybridized carbons (Fsp3) is 1.00. The molecule has 2 fully saturated rings. The van der Waals surface area contributed by atoms with Crippen molar-refractivity contribution in [2.45, 2.75) is 57.7 Å². The zero-order valence-corrected chi connectivity index (χ0v) is 10.7. The predicted octanol–water partition coefficient (Wildman–Crippen LogP) is 1.22. The Morgan fingerprint density at radius 1 is 1.25 bits per heavy atom. The maximum absolute atomic E-state index is 9.81. The van der Waals surface area contributed by atoms with Crippen LogP contribution in [0.5, 0.6) is 0 Å². The molecule has 0 spiro atoms. The van der Waals surface area contributed by atoms with E-state index in [2.05, 4.69) is 24.1 Å². The fourth-order valence-corrected chi connectivity index (χ4v) is 2.99. The normalized spacial score (nSPS) is 33.0. The highest BCUT2D eigenvalue weighted by Crippen LogP contribution is 2.27. The summed E-state index contributed by atoms with van der Waals surface area (Å²) in [6, 6.07) is 1.36. The van der Waals surface area contributed by atoms with Crippen LogP contribution in [0.2, 0.25) is 0 Å². The molecule has 3 nitrogen and oxygen atoms in total. The molecule has 0 aromatic heterocycles. The summed E-state index contributed by atoms with van der Waals surface area (Å²) in [5.41, 5.74) is 0. The van der Waals surface area contributed by atoms with E-state index >= 15 is 0 Å². The van der Waals surface area contributed by atoms with E-state index in [-0.39, 0.29) is 6.10 Å². The summed E-state index contributed by atoms with van der Waals surface area (Å²) in [4.78, 5) is 2.63. The molecule has 2 heterocycles. The van der Waals surface area contributed by atoms with Gasteiger partial charge in [-0.15, -0.1) is 0 Å². The molecular formula is C13H26N2O. The second-order valence-corrected chi connectivity index (χ2v) is 5.71. The highest BCUT2D eigenvalue weighted by atomic mass is 16.3. The number of aliphatic hydroxyl groups is 1. The molecule has 2 N–H and O–H groups in total. The number of rotatable bonds is 4. The smallest absolute Gasteiger partial charge is 0.0687 e. The third-order valence-electron chi connectivity index (χ3n) is 4.21. The van der Waals surface area contributed by atoms with Crippen LogP contribution in [0.1, 0.15) is 39.5 Å². The fourth-order valence-electron chi connectivity index (χ4n) is 2.99. The minimum atomic E-state index is -0.197. The molecule has 0 saturated carbocycles. The Morgan fingerprint density at radius 2 is 2.06 bits per heavy atom. The molecule has 3 atom stereocenters. The van der Waals surface area contributed by atoms with E-state index in [0.717, 1.165) is 12.6 Å². The van der Waals surface area contributed by atoms with Gasteiger partial charge >= 0.3 is 0 Å². The first-order chi connectivity index (χ1) is 7.68. The van der Waals surface area contributed by atoms with Crippen LogP contribution in [-0.4, -0.2) is 47.8 Å². The van der Waals surface area contributed by atoms with Gasteiger partial charge in [-0.25, -0.2) is 0 Å². The van der Waals surface area contributed by atoms with Crippen LogP contribution >= 0.6 is 0 Å². The van der Waals surface area contributed by atoms with Crippen LogP contribution in [0.3, 0.4) is 0 Å². The van der Waals surface area contributed by atoms with Gasteiger partial charge in [0, 0.05) is 25.2 Å². The number of hydrogen-bond donors (Lipinski definition) is 2. The third-order valence-corrected chi connectivity index (χ3v) is 4.21. The van der Waals surface area contributed by atoms with Crippen molar-refractivity contribution in [3.05, 3.63) is 0 Å². The van der Waals surface area contributed by atoms with Crippen LogP contribution < -0.4 is 5.32 Å². The molecule has 16 heavy (non-hydrogen) atoms. The molecule has 2 aliphatic heterocycles. The first kappa shape index (κ1) is 12.3. The molecule has 0 aromatic carbocycles. The lowest BCUT2D eigenvalue weighted by atomic mass is 9.98. The molecule has 0 amide bonds. The van der Waals surface area contributed by atoms with Crippen LogP contribution in [0.15, 0.2) is 0 Å². The number of piperidine rings is 1. The molecule has 3 heteroatoms. The Hall–Kier alpha value is -0.120. The van der Waals surface area contributed by atoms with Crippen LogP contribution in [0.4, 0.5) is 0 Å². The minimum absolute atomic E-state index is 0.197. The van der Waals surface area contributed by atoms with Gasteiger partial charge < -0.3 is 10.4 Å². The molecule has 0 bridgehead atoms. The van der Waals surface area contributed by atoms with Crippen molar-refractivity contribution in [1.82, 2.24) is 10.2 Å². The Kier molecular flexibility index (Phi) is 4.22. The van der Waals surface area contributed by atoms with Crippen molar-refractivity contribution in [1.29, 1.82) is 0 Å². The average molecular weight is 226 g/mol. The highest BCUT2D eigenvalue weighted by molar-refractivity contribution is 4.94. The van der Waals surface area contributed by atoms with E-state index in [0.29, 0.717) is 12.0 Å². The molecule has 0 aromatic rings. The minimum Gasteiger partial charge on any atom is -0.392 e. The standard InChI is InChI=1S/C13H26N2O/c1-10(2)13(16)9-14-11-6-8-15-7-4-3-5-12(11)15/h10-14,16H,3-9H2,1-2H3. The van der Waals surface area contributed by atoms with E-state index < -0.39 is 0 Å². The SMILES string of the molecule is CC(C)C(O)CNC1CCN2CCCCC12. The van der Waals surface area contributed by atoms with Gasteiger partial charge in [0.1, 0.15) is 0 Å². The summed E-state index contributed by atoms with van der Waals surface area (Å²) in [5.74, 6) is 0.358. The van der Waals surface area contributed by atoms with Gasteiger partial charge in [-0.1, -0.05) is 20.3 Å². The van der Waals surface area contributed by atoms with Crippen molar-refractivity contribution in [2.75, 3.05) is 19.6 Å². The van der Waals surface area contributed by atoms with Crippen molar-refractivity contribution in [2.24, 2.45) is 5.92 Å².